The molecule has 5 nitrogen and oxygen atoms in total. The van der Waals surface area contributed by atoms with Gasteiger partial charge in [0.2, 0.25) is 0 Å². The number of anilines is 1. The van der Waals surface area contributed by atoms with Crippen LogP contribution >= 0.6 is 11.3 Å². The number of benzene rings is 1. The van der Waals surface area contributed by atoms with E-state index in [0.29, 0.717) is 22.9 Å². The van der Waals surface area contributed by atoms with E-state index >= 15 is 0 Å². The number of nitrogens with zero attached hydrogens (tertiary/aromatic N) is 3. The molecule has 0 amide bonds. The molecule has 0 radical (unpaired) electrons. The third kappa shape index (κ3) is 3.01. The van der Waals surface area contributed by atoms with E-state index in [1.165, 1.54) is 11.3 Å². The van der Waals surface area contributed by atoms with Crippen molar-refractivity contribution in [2.75, 3.05) is 5.32 Å². The standard InChI is InChI=1S/C23H26N4OS/c1-22(2,3)15-10-12-23(13-11-15)25-17-8-5-4-7-16(17)20-24-21(28)19(26-27(20)23)18-9-6-14-29-18/h4-9,14-15,25H,10-13H2,1-3H3. The third-order valence-electron chi connectivity index (χ3n) is 6.54. The second kappa shape index (κ2) is 6.52. The van der Waals surface area contributed by atoms with Gasteiger partial charge >= 0.3 is 5.56 Å². The quantitative estimate of drug-likeness (QED) is 0.592. The summed E-state index contributed by atoms with van der Waals surface area (Å²) in [5.74, 6) is 1.36. The van der Waals surface area contributed by atoms with Crippen LogP contribution in [0.25, 0.3) is 22.0 Å². The number of hydrogen-bond donors (Lipinski definition) is 1. The minimum Gasteiger partial charge on any atom is -0.361 e. The Hall–Kier alpha value is -2.47. The molecule has 3 heterocycles. The van der Waals surface area contributed by atoms with Crippen molar-refractivity contribution in [3.63, 3.8) is 0 Å². The van der Waals surface area contributed by atoms with Gasteiger partial charge in [-0.3, -0.25) is 4.79 Å². The molecule has 150 valence electrons. The van der Waals surface area contributed by atoms with Gasteiger partial charge in [0.15, 0.2) is 11.5 Å². The average Bonchev–Trinajstić information content (AvgIpc) is 3.22. The Morgan fingerprint density at radius 2 is 1.90 bits per heavy atom. The van der Waals surface area contributed by atoms with Crippen LogP contribution in [0.5, 0.6) is 0 Å². The van der Waals surface area contributed by atoms with Crippen molar-refractivity contribution in [3.05, 3.63) is 52.1 Å². The molecule has 1 saturated carbocycles. The van der Waals surface area contributed by atoms with Gasteiger partial charge in [-0.2, -0.15) is 10.1 Å². The van der Waals surface area contributed by atoms with Gasteiger partial charge < -0.3 is 5.32 Å². The second-order valence-electron chi connectivity index (χ2n) is 9.32. The number of fused-ring (bicyclic) bond motifs is 4. The van der Waals surface area contributed by atoms with E-state index in [-0.39, 0.29) is 11.2 Å². The summed E-state index contributed by atoms with van der Waals surface area (Å²) >= 11 is 1.53. The van der Waals surface area contributed by atoms with Gasteiger partial charge in [0.1, 0.15) is 5.66 Å². The number of para-hydroxylation sites is 1. The molecule has 3 aromatic rings. The molecule has 0 bridgehead atoms. The zero-order chi connectivity index (χ0) is 20.2. The highest BCUT2D eigenvalue weighted by molar-refractivity contribution is 7.13. The van der Waals surface area contributed by atoms with Crippen LogP contribution in [0.1, 0.15) is 46.5 Å². The van der Waals surface area contributed by atoms with Crippen LogP contribution in [-0.4, -0.2) is 14.8 Å². The van der Waals surface area contributed by atoms with Crippen molar-refractivity contribution in [2.24, 2.45) is 11.3 Å². The van der Waals surface area contributed by atoms with Crippen LogP contribution in [-0.2, 0) is 5.66 Å². The minimum atomic E-state index is -0.335. The van der Waals surface area contributed by atoms with Crippen LogP contribution < -0.4 is 10.9 Å². The first kappa shape index (κ1) is 18.6. The molecule has 1 spiro atoms. The Bertz CT molecular complexity index is 1100. The van der Waals surface area contributed by atoms with Crippen molar-refractivity contribution in [1.29, 1.82) is 0 Å². The summed E-state index contributed by atoms with van der Waals surface area (Å²) in [4.78, 5) is 18.3. The van der Waals surface area contributed by atoms with E-state index < -0.39 is 0 Å². The fourth-order valence-electron chi connectivity index (χ4n) is 4.82. The molecule has 1 aliphatic heterocycles. The van der Waals surface area contributed by atoms with Crippen LogP contribution in [0.15, 0.2) is 46.6 Å². The Labute approximate surface area is 174 Å². The summed E-state index contributed by atoms with van der Waals surface area (Å²) in [5, 5.41) is 10.7. The number of nitrogens with one attached hydrogen (secondary N) is 1. The van der Waals surface area contributed by atoms with Crippen molar-refractivity contribution < 1.29 is 0 Å². The molecule has 2 aromatic heterocycles. The first-order chi connectivity index (χ1) is 13.9. The van der Waals surface area contributed by atoms with Gasteiger partial charge in [-0.05, 0) is 60.6 Å². The Kier molecular flexibility index (Phi) is 4.17. The van der Waals surface area contributed by atoms with Crippen LogP contribution in [0.2, 0.25) is 0 Å². The zero-order valence-corrected chi connectivity index (χ0v) is 17.9. The van der Waals surface area contributed by atoms with Crippen molar-refractivity contribution >= 4 is 17.0 Å². The lowest BCUT2D eigenvalue weighted by Crippen LogP contribution is -2.50. The van der Waals surface area contributed by atoms with Gasteiger partial charge in [-0.25, -0.2) is 4.68 Å². The Morgan fingerprint density at radius 3 is 2.59 bits per heavy atom. The topological polar surface area (TPSA) is 59.8 Å². The molecule has 6 heteroatoms. The number of hydrogen-bond acceptors (Lipinski definition) is 5. The largest absolute Gasteiger partial charge is 0.361 e. The lowest BCUT2D eigenvalue weighted by Gasteiger charge is -2.48. The van der Waals surface area contributed by atoms with Crippen LogP contribution in [0.3, 0.4) is 0 Å². The predicted octanol–water partition coefficient (Wildman–Crippen LogP) is 5.35. The third-order valence-corrected chi connectivity index (χ3v) is 7.42. The van der Waals surface area contributed by atoms with E-state index in [4.69, 9.17) is 5.10 Å². The molecule has 0 unspecified atom stereocenters. The monoisotopic (exact) mass is 406 g/mol. The molecular formula is C23H26N4OS. The minimum absolute atomic E-state index is 0.256. The predicted molar refractivity (Wildman–Crippen MR) is 118 cm³/mol. The Balaban J connectivity index is 1.67. The molecule has 5 rings (SSSR count). The van der Waals surface area contributed by atoms with E-state index in [9.17, 15) is 4.79 Å². The number of rotatable bonds is 1. The summed E-state index contributed by atoms with van der Waals surface area (Å²) < 4.78 is 2.02. The molecular weight excluding hydrogens is 380 g/mol. The van der Waals surface area contributed by atoms with E-state index in [2.05, 4.69) is 37.1 Å². The van der Waals surface area contributed by atoms with Gasteiger partial charge in [0.05, 0.1) is 4.88 Å². The average molecular weight is 407 g/mol. The van der Waals surface area contributed by atoms with E-state index in [0.717, 1.165) is 41.8 Å². The normalized spacial score (nSPS) is 23.3. The summed E-state index contributed by atoms with van der Waals surface area (Å²) in [6.45, 7) is 7.00. The number of aromatic nitrogens is 3. The molecule has 1 fully saturated rings. The van der Waals surface area contributed by atoms with Gasteiger partial charge in [-0.1, -0.05) is 39.0 Å². The fraction of sp³-hybridized carbons (Fsp3) is 0.435. The highest BCUT2D eigenvalue weighted by atomic mass is 32.1. The molecule has 1 aliphatic carbocycles. The highest BCUT2D eigenvalue weighted by Crippen LogP contribution is 2.48. The molecule has 29 heavy (non-hydrogen) atoms. The molecule has 0 saturated heterocycles. The zero-order valence-electron chi connectivity index (χ0n) is 17.1. The number of thiophene rings is 1. The lowest BCUT2D eigenvalue weighted by atomic mass is 9.69. The summed E-state index contributed by atoms with van der Waals surface area (Å²) in [6, 6.07) is 12.0. The lowest BCUT2D eigenvalue weighted by molar-refractivity contribution is 0.100. The van der Waals surface area contributed by atoms with E-state index in [1.807, 2.05) is 40.4 Å². The van der Waals surface area contributed by atoms with Gasteiger partial charge in [0.25, 0.3) is 0 Å². The molecule has 2 aliphatic rings. The summed E-state index contributed by atoms with van der Waals surface area (Å²) in [5.41, 5.74) is 2.14. The second-order valence-corrected chi connectivity index (χ2v) is 10.3. The fourth-order valence-corrected chi connectivity index (χ4v) is 5.52. The first-order valence-electron chi connectivity index (χ1n) is 10.3. The molecule has 1 aromatic carbocycles. The smallest absolute Gasteiger partial charge is 0.300 e. The SMILES string of the molecule is CC(C)(C)C1CCC2(CC1)Nc1ccccc1-c1nc(=O)c(-c3cccs3)nn12. The van der Waals surface area contributed by atoms with Crippen molar-refractivity contribution in [2.45, 2.75) is 52.1 Å². The van der Waals surface area contributed by atoms with Gasteiger partial charge in [-0.15, -0.1) is 11.3 Å². The molecule has 0 atom stereocenters. The summed E-state index contributed by atoms with van der Waals surface area (Å²) in [7, 11) is 0. The maximum absolute atomic E-state index is 12.9. The summed E-state index contributed by atoms with van der Waals surface area (Å²) in [6.07, 6.45) is 4.19. The Morgan fingerprint density at radius 1 is 1.14 bits per heavy atom. The van der Waals surface area contributed by atoms with E-state index in [1.54, 1.807) is 0 Å². The first-order valence-corrected chi connectivity index (χ1v) is 11.2. The highest BCUT2D eigenvalue weighted by Gasteiger charge is 2.44. The van der Waals surface area contributed by atoms with Crippen LogP contribution in [0.4, 0.5) is 5.69 Å². The maximum atomic E-state index is 12.9. The van der Waals surface area contributed by atoms with Crippen molar-refractivity contribution in [1.82, 2.24) is 14.8 Å². The maximum Gasteiger partial charge on any atom is 0.300 e. The van der Waals surface area contributed by atoms with Crippen LogP contribution in [0, 0.1) is 11.3 Å². The molecule has 1 N–H and O–H groups in total. The van der Waals surface area contributed by atoms with Crippen molar-refractivity contribution in [3.8, 4) is 22.0 Å². The van der Waals surface area contributed by atoms with Gasteiger partial charge in [0, 0.05) is 11.3 Å².